The summed E-state index contributed by atoms with van der Waals surface area (Å²) in [5.74, 6) is 0.144. The predicted molar refractivity (Wildman–Crippen MR) is 136 cm³/mol. The number of hydrogen-bond acceptors (Lipinski definition) is 9. The van der Waals surface area contributed by atoms with E-state index >= 15 is 0 Å². The molecule has 4 N–H and O–H groups in total. The van der Waals surface area contributed by atoms with E-state index in [4.69, 9.17) is 26.8 Å². The van der Waals surface area contributed by atoms with Gasteiger partial charge in [0.25, 0.3) is 5.91 Å². The van der Waals surface area contributed by atoms with Crippen LogP contribution in [-0.2, 0) is 25.0 Å². The number of hydrogen-bond donors (Lipinski definition) is 3. The highest BCUT2D eigenvalue weighted by Gasteiger charge is 2.20. The van der Waals surface area contributed by atoms with Crippen molar-refractivity contribution in [1.82, 2.24) is 30.0 Å². The fourth-order valence-electron chi connectivity index (χ4n) is 3.58. The summed E-state index contributed by atoms with van der Waals surface area (Å²) in [5, 5.41) is 9.99. The van der Waals surface area contributed by atoms with Gasteiger partial charge in [-0.2, -0.15) is 10.1 Å². The Labute approximate surface area is 216 Å². The molecule has 0 fully saturated rings. The van der Waals surface area contributed by atoms with E-state index in [1.165, 1.54) is 38.6 Å². The lowest BCUT2D eigenvalue weighted by Gasteiger charge is -2.17. The Hall–Kier alpha value is -4.29. The standard InChI is InChI=1S/C24H24ClFN8O3/c1-28-23(35)17-9-29-24(25)32-22(17)31-19-7-13(10-37-11-14-8-15(27)4-5-18(14)26)6-16(20(19)36-3)21-30-12-34(2)33-21/h4-9,12H,10-11,27H2,1-3H3,(H,28,35)(H,29,31,32). The third-order valence-corrected chi connectivity index (χ3v) is 5.46. The van der Waals surface area contributed by atoms with Crippen LogP contribution in [0.5, 0.6) is 5.75 Å². The summed E-state index contributed by atoms with van der Waals surface area (Å²) in [7, 11) is 4.74. The highest BCUT2D eigenvalue weighted by atomic mass is 35.5. The van der Waals surface area contributed by atoms with Crippen LogP contribution in [0.4, 0.5) is 21.6 Å². The van der Waals surface area contributed by atoms with Crippen LogP contribution in [0.3, 0.4) is 0 Å². The number of aryl methyl sites for hydroxylation is 1. The molecule has 0 aliphatic rings. The van der Waals surface area contributed by atoms with Crippen molar-refractivity contribution in [3.63, 3.8) is 0 Å². The van der Waals surface area contributed by atoms with Crippen LogP contribution >= 0.6 is 11.6 Å². The number of carbonyl (C=O) groups excluding carboxylic acids is 1. The summed E-state index contributed by atoms with van der Waals surface area (Å²) >= 11 is 6.01. The number of carbonyl (C=O) groups is 1. The Morgan fingerprint density at radius 1 is 1.22 bits per heavy atom. The number of methoxy groups -OCH3 is 1. The van der Waals surface area contributed by atoms with Crippen LogP contribution in [-0.4, -0.2) is 44.8 Å². The van der Waals surface area contributed by atoms with E-state index in [1.807, 2.05) is 6.07 Å². The smallest absolute Gasteiger partial charge is 0.256 e. The summed E-state index contributed by atoms with van der Waals surface area (Å²) < 4.78 is 27.2. The SMILES string of the molecule is CNC(=O)c1cnc(Cl)nc1Nc1cc(COCc2cc(N)ccc2F)cc(-c2ncn(C)n2)c1OC. The molecule has 0 saturated carbocycles. The third kappa shape index (κ3) is 5.93. The lowest BCUT2D eigenvalue weighted by molar-refractivity contribution is 0.0963. The molecule has 11 nitrogen and oxygen atoms in total. The van der Waals surface area contributed by atoms with Crippen molar-refractivity contribution in [3.8, 4) is 17.1 Å². The first-order valence-corrected chi connectivity index (χ1v) is 11.4. The van der Waals surface area contributed by atoms with Gasteiger partial charge >= 0.3 is 0 Å². The van der Waals surface area contributed by atoms with E-state index in [9.17, 15) is 9.18 Å². The molecule has 0 bridgehead atoms. The van der Waals surface area contributed by atoms with Crippen molar-refractivity contribution in [3.05, 3.63) is 70.6 Å². The minimum absolute atomic E-state index is 0.00513. The van der Waals surface area contributed by atoms with Gasteiger partial charge in [-0.15, -0.1) is 0 Å². The molecule has 37 heavy (non-hydrogen) atoms. The number of nitrogens with one attached hydrogen (secondary N) is 2. The summed E-state index contributed by atoms with van der Waals surface area (Å²) in [6, 6.07) is 7.87. The van der Waals surface area contributed by atoms with Crippen LogP contribution in [0.15, 0.2) is 42.9 Å². The molecule has 4 aromatic rings. The fourth-order valence-corrected chi connectivity index (χ4v) is 3.71. The zero-order chi connectivity index (χ0) is 26.5. The van der Waals surface area contributed by atoms with E-state index in [0.29, 0.717) is 39.6 Å². The molecule has 0 aliphatic carbocycles. The second-order valence-corrected chi connectivity index (χ2v) is 8.25. The largest absolute Gasteiger partial charge is 0.494 e. The lowest BCUT2D eigenvalue weighted by Crippen LogP contribution is -2.20. The van der Waals surface area contributed by atoms with Crippen molar-refractivity contribution < 1.29 is 18.7 Å². The number of aromatic nitrogens is 5. The van der Waals surface area contributed by atoms with Crippen LogP contribution < -0.4 is 21.1 Å². The molecule has 2 aromatic heterocycles. The number of halogens is 2. The lowest BCUT2D eigenvalue weighted by atomic mass is 10.1. The van der Waals surface area contributed by atoms with Crippen LogP contribution in [0.2, 0.25) is 5.28 Å². The number of rotatable bonds is 9. The maximum atomic E-state index is 14.1. The van der Waals surface area contributed by atoms with Gasteiger partial charge in [-0.3, -0.25) is 9.48 Å². The van der Waals surface area contributed by atoms with Gasteiger partial charge in [0.1, 0.15) is 23.5 Å². The Balaban J connectivity index is 1.72. The van der Waals surface area contributed by atoms with Gasteiger partial charge in [-0.05, 0) is 47.5 Å². The molecule has 4 rings (SSSR count). The third-order valence-electron chi connectivity index (χ3n) is 5.27. The number of nitrogens with zero attached hydrogens (tertiary/aromatic N) is 5. The highest BCUT2D eigenvalue weighted by Crippen LogP contribution is 2.38. The highest BCUT2D eigenvalue weighted by molar-refractivity contribution is 6.28. The number of nitrogens with two attached hydrogens (primary N) is 1. The molecule has 0 spiro atoms. The van der Waals surface area contributed by atoms with Gasteiger partial charge in [-0.1, -0.05) is 0 Å². The first-order valence-electron chi connectivity index (χ1n) is 11.0. The molecule has 13 heteroatoms. The summed E-state index contributed by atoms with van der Waals surface area (Å²) in [5.41, 5.74) is 8.41. The van der Waals surface area contributed by atoms with E-state index in [-0.39, 0.29) is 29.9 Å². The van der Waals surface area contributed by atoms with E-state index < -0.39 is 11.7 Å². The minimum atomic E-state index is -0.410. The van der Waals surface area contributed by atoms with Crippen molar-refractivity contribution >= 4 is 34.7 Å². The monoisotopic (exact) mass is 526 g/mol. The minimum Gasteiger partial charge on any atom is -0.494 e. The van der Waals surface area contributed by atoms with Crippen LogP contribution in [0.25, 0.3) is 11.4 Å². The summed E-state index contributed by atoms with van der Waals surface area (Å²) in [6.45, 7) is 0.116. The van der Waals surface area contributed by atoms with Gasteiger partial charge in [0.2, 0.25) is 5.28 Å². The quantitative estimate of drug-likeness (QED) is 0.220. The molecule has 0 radical (unpaired) electrons. The normalized spacial score (nSPS) is 10.8. The average molecular weight is 527 g/mol. The van der Waals surface area contributed by atoms with Gasteiger partial charge < -0.3 is 25.8 Å². The molecule has 2 heterocycles. The van der Waals surface area contributed by atoms with Crippen molar-refractivity contribution in [2.24, 2.45) is 7.05 Å². The Morgan fingerprint density at radius 3 is 2.73 bits per heavy atom. The number of benzene rings is 2. The molecule has 0 atom stereocenters. The molecule has 2 aromatic carbocycles. The van der Waals surface area contributed by atoms with Crippen molar-refractivity contribution in [1.29, 1.82) is 0 Å². The van der Waals surface area contributed by atoms with Gasteiger partial charge in [0.15, 0.2) is 11.6 Å². The molecular weight excluding hydrogens is 503 g/mol. The first kappa shape index (κ1) is 25.8. The average Bonchev–Trinajstić information content (AvgIpc) is 3.31. The molecule has 0 aliphatic heterocycles. The molecule has 0 saturated heterocycles. The van der Waals surface area contributed by atoms with E-state index in [2.05, 4.69) is 30.7 Å². The van der Waals surface area contributed by atoms with E-state index in [1.54, 1.807) is 24.1 Å². The summed E-state index contributed by atoms with van der Waals surface area (Å²) in [4.78, 5) is 24.8. The zero-order valence-electron chi connectivity index (χ0n) is 20.2. The van der Waals surface area contributed by atoms with Gasteiger partial charge in [-0.25, -0.2) is 14.4 Å². The maximum absolute atomic E-state index is 14.1. The summed E-state index contributed by atoms with van der Waals surface area (Å²) in [6.07, 6.45) is 2.87. The molecular formula is C24H24ClFN8O3. The Morgan fingerprint density at radius 2 is 2.03 bits per heavy atom. The molecule has 192 valence electrons. The Kier molecular flexibility index (Phi) is 7.80. The van der Waals surface area contributed by atoms with Crippen LogP contribution in [0, 0.1) is 5.82 Å². The van der Waals surface area contributed by atoms with Crippen molar-refractivity contribution in [2.45, 2.75) is 13.2 Å². The fraction of sp³-hybridized carbons (Fsp3) is 0.208. The molecule has 1 amide bonds. The van der Waals surface area contributed by atoms with Crippen molar-refractivity contribution in [2.75, 3.05) is 25.2 Å². The van der Waals surface area contributed by atoms with Gasteiger partial charge in [0.05, 0.1) is 31.6 Å². The second kappa shape index (κ2) is 11.2. The number of anilines is 3. The Bertz CT molecular complexity index is 1450. The number of amides is 1. The van der Waals surface area contributed by atoms with Crippen LogP contribution in [0.1, 0.15) is 21.5 Å². The second-order valence-electron chi connectivity index (χ2n) is 7.92. The first-order chi connectivity index (χ1) is 17.8. The van der Waals surface area contributed by atoms with Gasteiger partial charge in [0, 0.05) is 31.5 Å². The maximum Gasteiger partial charge on any atom is 0.256 e. The predicted octanol–water partition coefficient (Wildman–Crippen LogP) is 3.48. The number of ether oxygens (including phenoxy) is 2. The topological polar surface area (TPSA) is 142 Å². The molecule has 0 unspecified atom stereocenters. The number of nitrogen functional groups attached to an aromatic ring is 1. The van der Waals surface area contributed by atoms with E-state index in [0.717, 1.165) is 0 Å². The zero-order valence-corrected chi connectivity index (χ0v) is 21.0.